The number of aromatic nitrogens is 3. The SMILES string of the molecule is O=C(O)c1cnc2nc(-c3cccc(F)c3Cl)[nH]c2c1. The monoisotopic (exact) mass is 291 g/mol. The molecule has 3 rings (SSSR count). The second kappa shape index (κ2) is 4.57. The number of aromatic amines is 1. The van der Waals surface area contributed by atoms with Crippen LogP contribution in [0.25, 0.3) is 22.6 Å². The molecule has 7 heteroatoms. The van der Waals surface area contributed by atoms with Crippen LogP contribution in [0.5, 0.6) is 0 Å². The number of imidazole rings is 1. The Balaban J connectivity index is 2.18. The molecule has 20 heavy (non-hydrogen) atoms. The predicted molar refractivity (Wildman–Crippen MR) is 71.3 cm³/mol. The van der Waals surface area contributed by atoms with Crippen LogP contribution in [0, 0.1) is 5.82 Å². The second-order valence-electron chi connectivity index (χ2n) is 4.09. The van der Waals surface area contributed by atoms with Gasteiger partial charge < -0.3 is 10.1 Å². The molecule has 100 valence electrons. The van der Waals surface area contributed by atoms with Crippen LogP contribution in [0.15, 0.2) is 30.5 Å². The average molecular weight is 292 g/mol. The van der Waals surface area contributed by atoms with Crippen LogP contribution in [0.4, 0.5) is 4.39 Å². The highest BCUT2D eigenvalue weighted by molar-refractivity contribution is 6.33. The van der Waals surface area contributed by atoms with Gasteiger partial charge in [-0.3, -0.25) is 0 Å². The summed E-state index contributed by atoms with van der Waals surface area (Å²) in [4.78, 5) is 21.9. The number of fused-ring (bicyclic) bond motifs is 1. The van der Waals surface area contributed by atoms with E-state index >= 15 is 0 Å². The number of hydrogen-bond donors (Lipinski definition) is 2. The first-order valence-corrected chi connectivity index (χ1v) is 5.97. The third-order valence-corrected chi connectivity index (χ3v) is 3.18. The average Bonchev–Trinajstić information content (AvgIpc) is 2.84. The van der Waals surface area contributed by atoms with Gasteiger partial charge in [-0.15, -0.1) is 0 Å². The van der Waals surface area contributed by atoms with E-state index in [1.54, 1.807) is 6.07 Å². The van der Waals surface area contributed by atoms with Gasteiger partial charge in [-0.25, -0.2) is 19.2 Å². The van der Waals surface area contributed by atoms with Gasteiger partial charge in [0, 0.05) is 11.8 Å². The van der Waals surface area contributed by atoms with Crippen LogP contribution >= 0.6 is 11.6 Å². The van der Waals surface area contributed by atoms with Crippen LogP contribution < -0.4 is 0 Å². The van der Waals surface area contributed by atoms with Crippen molar-refractivity contribution in [3.05, 3.63) is 46.9 Å². The molecule has 1 aromatic carbocycles. The Bertz CT molecular complexity index is 832. The molecule has 0 saturated heterocycles. The summed E-state index contributed by atoms with van der Waals surface area (Å²) >= 11 is 5.89. The molecule has 0 fully saturated rings. The maximum Gasteiger partial charge on any atom is 0.337 e. The first-order valence-electron chi connectivity index (χ1n) is 5.59. The predicted octanol–water partition coefficient (Wildman–Crippen LogP) is 3.12. The third kappa shape index (κ3) is 2.00. The minimum Gasteiger partial charge on any atom is -0.478 e. The zero-order valence-electron chi connectivity index (χ0n) is 9.89. The van der Waals surface area contributed by atoms with Crippen LogP contribution in [0.1, 0.15) is 10.4 Å². The number of H-pyrrole nitrogens is 1. The molecular formula is C13H7ClFN3O2. The Morgan fingerprint density at radius 1 is 1.40 bits per heavy atom. The number of rotatable bonds is 2. The fraction of sp³-hybridized carbons (Fsp3) is 0. The molecule has 2 heterocycles. The molecule has 2 aromatic heterocycles. The van der Waals surface area contributed by atoms with E-state index in [4.69, 9.17) is 16.7 Å². The Morgan fingerprint density at radius 2 is 2.20 bits per heavy atom. The second-order valence-corrected chi connectivity index (χ2v) is 4.47. The maximum atomic E-state index is 13.4. The van der Waals surface area contributed by atoms with Gasteiger partial charge >= 0.3 is 5.97 Å². The molecule has 0 aliphatic rings. The molecule has 0 saturated carbocycles. The fourth-order valence-corrected chi connectivity index (χ4v) is 2.05. The Labute approximate surface area is 117 Å². The zero-order chi connectivity index (χ0) is 14.3. The van der Waals surface area contributed by atoms with Crippen molar-refractivity contribution >= 4 is 28.7 Å². The van der Waals surface area contributed by atoms with Crippen LogP contribution in [0.3, 0.4) is 0 Å². The number of halogens is 2. The maximum absolute atomic E-state index is 13.4. The lowest BCUT2D eigenvalue weighted by Crippen LogP contribution is -1.96. The Hall–Kier alpha value is -2.47. The fourth-order valence-electron chi connectivity index (χ4n) is 1.83. The number of pyridine rings is 1. The van der Waals surface area contributed by atoms with E-state index in [1.165, 1.54) is 24.4 Å². The highest BCUT2D eigenvalue weighted by atomic mass is 35.5. The van der Waals surface area contributed by atoms with Crippen molar-refractivity contribution in [3.63, 3.8) is 0 Å². The lowest BCUT2D eigenvalue weighted by atomic mass is 10.2. The van der Waals surface area contributed by atoms with E-state index in [1.807, 2.05) is 0 Å². The lowest BCUT2D eigenvalue weighted by molar-refractivity contribution is 0.0696. The molecule has 0 aliphatic carbocycles. The molecule has 2 N–H and O–H groups in total. The molecule has 5 nitrogen and oxygen atoms in total. The van der Waals surface area contributed by atoms with Gasteiger partial charge in [-0.1, -0.05) is 17.7 Å². The van der Waals surface area contributed by atoms with Gasteiger partial charge in [-0.05, 0) is 18.2 Å². The quantitative estimate of drug-likeness (QED) is 0.760. The molecule has 0 aliphatic heterocycles. The molecule has 3 aromatic rings. The van der Waals surface area contributed by atoms with Crippen molar-refractivity contribution in [2.45, 2.75) is 0 Å². The molecule has 0 atom stereocenters. The van der Waals surface area contributed by atoms with E-state index in [0.29, 0.717) is 22.6 Å². The standard InChI is InChI=1S/C13H7ClFN3O2/c14-10-7(2-1-3-8(10)15)11-17-9-4-6(13(19)20)5-16-12(9)18-11/h1-5H,(H,19,20)(H,16,17,18). The summed E-state index contributed by atoms with van der Waals surface area (Å²) in [6, 6.07) is 5.78. The number of hydrogen-bond acceptors (Lipinski definition) is 3. The number of carbonyl (C=O) groups is 1. The van der Waals surface area contributed by atoms with Crippen molar-refractivity contribution in [2.75, 3.05) is 0 Å². The van der Waals surface area contributed by atoms with E-state index in [0.717, 1.165) is 0 Å². The lowest BCUT2D eigenvalue weighted by Gasteiger charge is -2.00. The summed E-state index contributed by atoms with van der Waals surface area (Å²) in [5.74, 6) is -1.30. The van der Waals surface area contributed by atoms with Crippen LogP contribution in [-0.2, 0) is 0 Å². The number of aromatic carboxylic acids is 1. The third-order valence-electron chi connectivity index (χ3n) is 2.79. The Kier molecular flexibility index (Phi) is 2.87. The first-order chi connectivity index (χ1) is 9.56. The molecule has 0 unspecified atom stereocenters. The summed E-state index contributed by atoms with van der Waals surface area (Å²) in [7, 11) is 0. The summed E-state index contributed by atoms with van der Waals surface area (Å²) in [6.07, 6.45) is 1.21. The zero-order valence-corrected chi connectivity index (χ0v) is 10.6. The van der Waals surface area contributed by atoms with Crippen molar-refractivity contribution in [1.82, 2.24) is 15.0 Å². The molecular weight excluding hydrogens is 285 g/mol. The van der Waals surface area contributed by atoms with Crippen molar-refractivity contribution in [2.24, 2.45) is 0 Å². The number of benzene rings is 1. The number of carboxylic acid groups (broad SMARTS) is 1. The van der Waals surface area contributed by atoms with Crippen molar-refractivity contribution in [3.8, 4) is 11.4 Å². The largest absolute Gasteiger partial charge is 0.478 e. The highest BCUT2D eigenvalue weighted by Crippen LogP contribution is 2.29. The molecule has 0 spiro atoms. The van der Waals surface area contributed by atoms with E-state index in [9.17, 15) is 9.18 Å². The van der Waals surface area contributed by atoms with Crippen LogP contribution in [0.2, 0.25) is 5.02 Å². The van der Waals surface area contributed by atoms with Gasteiger partial charge in [0.15, 0.2) is 5.65 Å². The minimum atomic E-state index is -1.08. The Morgan fingerprint density at radius 3 is 2.95 bits per heavy atom. The van der Waals surface area contributed by atoms with E-state index in [-0.39, 0.29) is 10.6 Å². The van der Waals surface area contributed by atoms with Gasteiger partial charge in [0.25, 0.3) is 0 Å². The molecule has 0 bridgehead atoms. The summed E-state index contributed by atoms with van der Waals surface area (Å²) in [6.45, 7) is 0. The number of carboxylic acids is 1. The highest BCUT2D eigenvalue weighted by Gasteiger charge is 2.13. The normalized spacial score (nSPS) is 10.9. The van der Waals surface area contributed by atoms with Gasteiger partial charge in [0.2, 0.25) is 0 Å². The van der Waals surface area contributed by atoms with E-state index in [2.05, 4.69) is 15.0 Å². The summed E-state index contributed by atoms with van der Waals surface area (Å²) in [5.41, 5.74) is 1.21. The van der Waals surface area contributed by atoms with Gasteiger partial charge in [0.1, 0.15) is 11.6 Å². The van der Waals surface area contributed by atoms with Crippen LogP contribution in [-0.4, -0.2) is 26.0 Å². The van der Waals surface area contributed by atoms with Gasteiger partial charge in [0.05, 0.1) is 16.1 Å². The first kappa shape index (κ1) is 12.6. The molecule has 0 radical (unpaired) electrons. The van der Waals surface area contributed by atoms with Gasteiger partial charge in [-0.2, -0.15) is 0 Å². The smallest absolute Gasteiger partial charge is 0.337 e. The van der Waals surface area contributed by atoms with E-state index < -0.39 is 11.8 Å². The van der Waals surface area contributed by atoms with Crippen molar-refractivity contribution in [1.29, 1.82) is 0 Å². The summed E-state index contributed by atoms with van der Waals surface area (Å²) < 4.78 is 13.4. The molecule has 0 amide bonds. The number of nitrogens with one attached hydrogen (secondary N) is 1. The summed E-state index contributed by atoms with van der Waals surface area (Å²) in [5, 5.41) is 8.85. The van der Waals surface area contributed by atoms with Crippen molar-refractivity contribution < 1.29 is 14.3 Å². The minimum absolute atomic E-state index is 0.0399. The number of nitrogens with zero attached hydrogens (tertiary/aromatic N) is 2. The topological polar surface area (TPSA) is 78.9 Å².